The van der Waals surface area contributed by atoms with E-state index in [0.717, 1.165) is 43.1 Å². The van der Waals surface area contributed by atoms with Crippen LogP contribution in [-0.4, -0.2) is 19.4 Å². The fourth-order valence-corrected chi connectivity index (χ4v) is 5.05. The Hall–Kier alpha value is -1.19. The molecule has 0 aromatic carbocycles. The number of nitrogens with zero attached hydrogens (tertiary/aromatic N) is 1. The molecule has 1 fully saturated rings. The summed E-state index contributed by atoms with van der Waals surface area (Å²) in [5, 5.41) is 10.6. The Bertz CT molecular complexity index is 605. The van der Waals surface area contributed by atoms with E-state index in [9.17, 15) is 18.5 Å². The first-order valence-electron chi connectivity index (χ1n) is 6.37. The molecule has 1 aromatic rings. The fourth-order valence-electron chi connectivity index (χ4n) is 2.50. The Balaban J connectivity index is 2.17. The summed E-state index contributed by atoms with van der Waals surface area (Å²) in [5.74, 6) is 0.331. The molecule has 0 radical (unpaired) electrons. The van der Waals surface area contributed by atoms with Gasteiger partial charge in [-0.05, 0) is 25.7 Å². The molecule has 1 aliphatic carbocycles. The van der Waals surface area contributed by atoms with E-state index in [0.29, 0.717) is 5.92 Å². The van der Waals surface area contributed by atoms with Crippen molar-refractivity contribution in [2.45, 2.75) is 42.9 Å². The second-order valence-corrected chi connectivity index (χ2v) is 8.05. The molecular weight excluding hydrogens is 302 g/mol. The second-order valence-electron chi connectivity index (χ2n) is 5.03. The minimum absolute atomic E-state index is 0.0936. The van der Waals surface area contributed by atoms with Crippen LogP contribution in [0.3, 0.4) is 0 Å². The molecule has 112 valence electrons. The van der Waals surface area contributed by atoms with Gasteiger partial charge in [-0.1, -0.05) is 24.2 Å². The van der Waals surface area contributed by atoms with Crippen molar-refractivity contribution in [3.05, 3.63) is 16.2 Å². The van der Waals surface area contributed by atoms with Gasteiger partial charge in [-0.25, -0.2) is 13.1 Å². The van der Waals surface area contributed by atoms with Gasteiger partial charge in [-0.3, -0.25) is 10.1 Å². The molecule has 1 atom stereocenters. The third kappa shape index (κ3) is 3.10. The Morgan fingerprint density at radius 2 is 2.10 bits per heavy atom. The number of nitrogen functional groups attached to an aromatic ring is 1. The van der Waals surface area contributed by atoms with Gasteiger partial charge in [-0.2, -0.15) is 0 Å². The van der Waals surface area contributed by atoms with Crippen molar-refractivity contribution < 1.29 is 13.3 Å². The summed E-state index contributed by atoms with van der Waals surface area (Å²) in [5.41, 5.74) is 5.12. The molecule has 1 heterocycles. The van der Waals surface area contributed by atoms with Gasteiger partial charge in [0.25, 0.3) is 10.0 Å². The first kappa shape index (κ1) is 15.2. The van der Waals surface area contributed by atoms with Crippen LogP contribution in [0.2, 0.25) is 0 Å². The third-order valence-electron chi connectivity index (χ3n) is 3.63. The summed E-state index contributed by atoms with van der Waals surface area (Å²) >= 11 is 0.720. The van der Waals surface area contributed by atoms with Crippen LogP contribution in [0.4, 0.5) is 10.7 Å². The van der Waals surface area contributed by atoms with Gasteiger partial charge in [0.05, 0.1) is 4.92 Å². The summed E-state index contributed by atoms with van der Waals surface area (Å²) in [6.07, 6.45) is 4.26. The molecule has 20 heavy (non-hydrogen) atoms. The van der Waals surface area contributed by atoms with Crippen molar-refractivity contribution in [2.24, 2.45) is 5.92 Å². The standard InChI is InChI=1S/C11H17N3O4S2/c1-7(8-4-2-3-5-8)13-20(17,18)10-6-9(14(15)16)11(12)19-10/h6-8,13H,2-5,12H2,1H3. The maximum absolute atomic E-state index is 12.2. The average molecular weight is 319 g/mol. The van der Waals surface area contributed by atoms with Gasteiger partial charge in [0.15, 0.2) is 5.00 Å². The van der Waals surface area contributed by atoms with Crippen molar-refractivity contribution in [1.82, 2.24) is 4.72 Å². The maximum Gasteiger partial charge on any atom is 0.304 e. The zero-order valence-corrected chi connectivity index (χ0v) is 12.7. The topological polar surface area (TPSA) is 115 Å². The van der Waals surface area contributed by atoms with E-state index in [1.807, 2.05) is 6.92 Å². The molecule has 1 aromatic heterocycles. The summed E-state index contributed by atoms with van der Waals surface area (Å²) in [6, 6.07) is 0.842. The van der Waals surface area contributed by atoms with Crippen LogP contribution >= 0.6 is 11.3 Å². The number of rotatable bonds is 5. The highest BCUT2D eigenvalue weighted by Gasteiger charge is 2.29. The van der Waals surface area contributed by atoms with Crippen LogP contribution in [0.1, 0.15) is 32.6 Å². The van der Waals surface area contributed by atoms with Gasteiger partial charge in [0.1, 0.15) is 4.21 Å². The maximum atomic E-state index is 12.2. The molecule has 0 spiro atoms. The zero-order valence-electron chi connectivity index (χ0n) is 11.0. The predicted molar refractivity (Wildman–Crippen MR) is 77.1 cm³/mol. The molecule has 1 aliphatic rings. The molecule has 0 amide bonds. The molecular formula is C11H17N3O4S2. The van der Waals surface area contributed by atoms with Gasteiger partial charge in [0.2, 0.25) is 0 Å². The molecule has 9 heteroatoms. The lowest BCUT2D eigenvalue weighted by atomic mass is 10.0. The van der Waals surface area contributed by atoms with E-state index in [-0.39, 0.29) is 20.9 Å². The monoisotopic (exact) mass is 319 g/mol. The number of sulfonamides is 1. The molecule has 1 unspecified atom stereocenters. The van der Waals surface area contributed by atoms with E-state index < -0.39 is 14.9 Å². The van der Waals surface area contributed by atoms with Crippen LogP contribution in [-0.2, 0) is 10.0 Å². The van der Waals surface area contributed by atoms with Crippen molar-refractivity contribution in [3.63, 3.8) is 0 Å². The van der Waals surface area contributed by atoms with Crippen molar-refractivity contribution >= 4 is 32.0 Å². The molecule has 7 nitrogen and oxygen atoms in total. The molecule has 0 bridgehead atoms. The number of nitrogens with one attached hydrogen (secondary N) is 1. The smallest absolute Gasteiger partial charge is 0.304 e. The van der Waals surface area contributed by atoms with Crippen LogP contribution < -0.4 is 10.5 Å². The molecule has 1 saturated carbocycles. The van der Waals surface area contributed by atoms with E-state index in [1.54, 1.807) is 0 Å². The van der Waals surface area contributed by atoms with Crippen LogP contribution in [0.25, 0.3) is 0 Å². The van der Waals surface area contributed by atoms with Crippen molar-refractivity contribution in [2.75, 3.05) is 5.73 Å². The van der Waals surface area contributed by atoms with Gasteiger partial charge in [-0.15, -0.1) is 0 Å². The fraction of sp³-hybridized carbons (Fsp3) is 0.636. The number of hydrogen-bond acceptors (Lipinski definition) is 6. The van der Waals surface area contributed by atoms with E-state index in [4.69, 9.17) is 5.73 Å². The third-order valence-corrected chi connectivity index (χ3v) is 6.61. The zero-order chi connectivity index (χ0) is 14.9. The summed E-state index contributed by atoms with van der Waals surface area (Å²) in [4.78, 5) is 10.0. The van der Waals surface area contributed by atoms with E-state index in [1.165, 1.54) is 0 Å². The average Bonchev–Trinajstić information content (AvgIpc) is 2.96. The van der Waals surface area contributed by atoms with Gasteiger partial charge >= 0.3 is 5.69 Å². The lowest BCUT2D eigenvalue weighted by Gasteiger charge is -2.19. The highest BCUT2D eigenvalue weighted by Crippen LogP contribution is 2.35. The number of nitro groups is 1. The molecule has 2 rings (SSSR count). The normalized spacial score (nSPS) is 18.2. The largest absolute Gasteiger partial charge is 0.385 e. The lowest BCUT2D eigenvalue weighted by Crippen LogP contribution is -2.36. The quantitative estimate of drug-likeness (QED) is 0.637. The second kappa shape index (κ2) is 5.66. The predicted octanol–water partition coefficient (Wildman–Crippen LogP) is 2.10. The van der Waals surface area contributed by atoms with Crippen molar-refractivity contribution in [3.8, 4) is 0 Å². The Morgan fingerprint density at radius 1 is 1.50 bits per heavy atom. The highest BCUT2D eigenvalue weighted by atomic mass is 32.2. The number of hydrogen-bond donors (Lipinski definition) is 2. The first-order valence-corrected chi connectivity index (χ1v) is 8.67. The molecule has 3 N–H and O–H groups in total. The molecule has 0 saturated heterocycles. The first-order chi connectivity index (χ1) is 9.31. The summed E-state index contributed by atoms with van der Waals surface area (Å²) in [6.45, 7) is 1.83. The Kier molecular flexibility index (Phi) is 4.31. The van der Waals surface area contributed by atoms with Gasteiger partial charge in [0, 0.05) is 12.1 Å². The summed E-state index contributed by atoms with van der Waals surface area (Å²) < 4.78 is 26.9. The number of anilines is 1. The van der Waals surface area contributed by atoms with E-state index >= 15 is 0 Å². The number of thiophene rings is 1. The van der Waals surface area contributed by atoms with Crippen LogP contribution in [0.5, 0.6) is 0 Å². The van der Waals surface area contributed by atoms with Crippen molar-refractivity contribution in [1.29, 1.82) is 0 Å². The minimum Gasteiger partial charge on any atom is -0.385 e. The Morgan fingerprint density at radius 3 is 2.60 bits per heavy atom. The van der Waals surface area contributed by atoms with Crippen LogP contribution in [0, 0.1) is 16.0 Å². The lowest BCUT2D eigenvalue weighted by molar-refractivity contribution is -0.383. The van der Waals surface area contributed by atoms with Gasteiger partial charge < -0.3 is 5.73 Å². The van der Waals surface area contributed by atoms with Crippen LogP contribution in [0.15, 0.2) is 10.3 Å². The minimum atomic E-state index is -3.75. The molecule has 0 aliphatic heterocycles. The number of nitrogens with two attached hydrogens (primary N) is 1. The SMILES string of the molecule is CC(NS(=O)(=O)c1cc([N+](=O)[O-])c(N)s1)C1CCCC1. The summed E-state index contributed by atoms with van der Waals surface area (Å²) in [7, 11) is -3.75. The Labute approximate surface area is 121 Å². The highest BCUT2D eigenvalue weighted by molar-refractivity contribution is 7.91. The van der Waals surface area contributed by atoms with E-state index in [2.05, 4.69) is 4.72 Å².